The van der Waals surface area contributed by atoms with Crippen molar-refractivity contribution >= 4 is 22.9 Å². The molecule has 0 bridgehead atoms. The van der Waals surface area contributed by atoms with Gasteiger partial charge in [-0.05, 0) is 24.4 Å². The molecule has 24 heavy (non-hydrogen) atoms. The molecule has 0 aliphatic heterocycles. The molecule has 1 N–H and O–H groups in total. The van der Waals surface area contributed by atoms with Gasteiger partial charge in [-0.3, -0.25) is 9.78 Å². The Kier molecular flexibility index (Phi) is 4.81. The first-order chi connectivity index (χ1) is 11.7. The maximum atomic E-state index is 12.1. The Morgan fingerprint density at radius 3 is 2.83 bits per heavy atom. The van der Waals surface area contributed by atoms with Gasteiger partial charge in [-0.1, -0.05) is 42.5 Å². The van der Waals surface area contributed by atoms with Crippen LogP contribution >= 0.6 is 0 Å². The monoisotopic (exact) mass is 319 g/mol. The molecule has 120 valence electrons. The average Bonchev–Trinajstić information content (AvgIpc) is 2.63. The number of rotatable bonds is 5. The first-order valence-corrected chi connectivity index (χ1v) is 7.61. The number of nitrogens with zero attached hydrogens (tertiary/aromatic N) is 2. The molecule has 0 saturated heterocycles. The van der Waals surface area contributed by atoms with Crippen LogP contribution in [0.5, 0.6) is 5.75 Å². The van der Waals surface area contributed by atoms with Crippen LogP contribution in [-0.2, 0) is 4.79 Å². The molecule has 3 rings (SSSR count). The summed E-state index contributed by atoms with van der Waals surface area (Å²) in [5.74, 6) is 0.357. The van der Waals surface area contributed by atoms with Gasteiger partial charge in [-0.15, -0.1) is 0 Å². The van der Waals surface area contributed by atoms with E-state index in [0.29, 0.717) is 5.75 Å². The molecule has 5 nitrogen and oxygen atoms in total. The van der Waals surface area contributed by atoms with E-state index in [1.165, 1.54) is 6.21 Å². The number of hydrazone groups is 1. The molecule has 1 aromatic heterocycles. The Labute approximate surface area is 140 Å². The second-order valence-corrected chi connectivity index (χ2v) is 5.26. The van der Waals surface area contributed by atoms with Crippen molar-refractivity contribution < 1.29 is 9.53 Å². The van der Waals surface area contributed by atoms with Crippen LogP contribution in [-0.4, -0.2) is 23.2 Å². The number of benzene rings is 2. The van der Waals surface area contributed by atoms with Gasteiger partial charge in [0.25, 0.3) is 5.91 Å². The van der Waals surface area contributed by atoms with Gasteiger partial charge in [0.1, 0.15) is 5.75 Å². The molecule has 1 heterocycles. The summed E-state index contributed by atoms with van der Waals surface area (Å²) in [6.45, 7) is 1.69. The van der Waals surface area contributed by atoms with E-state index in [-0.39, 0.29) is 5.91 Å². The predicted octanol–water partition coefficient (Wildman–Crippen LogP) is 3.15. The molecule has 1 amide bonds. The highest BCUT2D eigenvalue weighted by atomic mass is 16.5. The van der Waals surface area contributed by atoms with Gasteiger partial charge < -0.3 is 4.74 Å². The summed E-state index contributed by atoms with van der Waals surface area (Å²) >= 11 is 0. The van der Waals surface area contributed by atoms with Crippen LogP contribution in [0.4, 0.5) is 0 Å². The molecule has 3 aromatic rings. The van der Waals surface area contributed by atoms with Gasteiger partial charge >= 0.3 is 0 Å². The number of fused-ring (bicyclic) bond motifs is 1. The minimum Gasteiger partial charge on any atom is -0.480 e. The number of amides is 1. The van der Waals surface area contributed by atoms with Gasteiger partial charge in [0.2, 0.25) is 0 Å². The number of pyridine rings is 1. The Morgan fingerprint density at radius 2 is 2.00 bits per heavy atom. The summed E-state index contributed by atoms with van der Waals surface area (Å²) in [5, 5.41) is 5.96. The van der Waals surface area contributed by atoms with E-state index >= 15 is 0 Å². The third-order valence-electron chi connectivity index (χ3n) is 3.50. The largest absolute Gasteiger partial charge is 0.480 e. The van der Waals surface area contributed by atoms with Gasteiger partial charge in [0, 0.05) is 23.3 Å². The predicted molar refractivity (Wildman–Crippen MR) is 94.0 cm³/mol. The molecule has 0 saturated carbocycles. The third kappa shape index (κ3) is 3.76. The summed E-state index contributed by atoms with van der Waals surface area (Å²) in [6.07, 6.45) is 4.21. The van der Waals surface area contributed by atoms with E-state index in [1.54, 1.807) is 25.4 Å². The Balaban J connectivity index is 1.64. The van der Waals surface area contributed by atoms with Crippen molar-refractivity contribution in [2.45, 2.75) is 13.0 Å². The van der Waals surface area contributed by atoms with E-state index in [2.05, 4.69) is 15.5 Å². The van der Waals surface area contributed by atoms with E-state index in [4.69, 9.17) is 4.74 Å². The zero-order valence-electron chi connectivity index (χ0n) is 13.2. The number of carbonyl (C=O) groups is 1. The highest BCUT2D eigenvalue weighted by Crippen LogP contribution is 2.25. The van der Waals surface area contributed by atoms with Crippen LogP contribution < -0.4 is 10.2 Å². The van der Waals surface area contributed by atoms with Crippen molar-refractivity contribution in [3.05, 3.63) is 72.6 Å². The number of aromatic nitrogens is 1. The lowest BCUT2D eigenvalue weighted by Crippen LogP contribution is -2.33. The van der Waals surface area contributed by atoms with Gasteiger partial charge in [0.15, 0.2) is 6.10 Å². The highest BCUT2D eigenvalue weighted by Gasteiger charge is 2.15. The average molecular weight is 319 g/mol. The summed E-state index contributed by atoms with van der Waals surface area (Å²) in [7, 11) is 0. The molecule has 5 heteroatoms. The Hall–Kier alpha value is -3.21. The van der Waals surface area contributed by atoms with Crippen molar-refractivity contribution in [3.63, 3.8) is 0 Å². The molecular weight excluding hydrogens is 302 g/mol. The van der Waals surface area contributed by atoms with Crippen molar-refractivity contribution in [1.29, 1.82) is 0 Å². The maximum Gasteiger partial charge on any atom is 0.280 e. The lowest BCUT2D eigenvalue weighted by molar-refractivity contribution is -0.127. The van der Waals surface area contributed by atoms with Crippen LogP contribution in [0, 0.1) is 0 Å². The van der Waals surface area contributed by atoms with Crippen LogP contribution in [0.25, 0.3) is 10.8 Å². The first-order valence-electron chi connectivity index (χ1n) is 7.61. The number of hydrogen-bond donors (Lipinski definition) is 1. The SMILES string of the molecule is C[C@@H](Oc1cccc2ccccc12)C(=O)N/N=C\c1cccnc1. The van der Waals surface area contributed by atoms with Gasteiger partial charge in [0.05, 0.1) is 6.21 Å². The fourth-order valence-electron chi connectivity index (χ4n) is 2.26. The standard InChI is InChI=1S/C19H17N3O2/c1-14(19(23)22-21-13-15-6-5-11-20-12-15)24-18-10-4-8-16-7-2-3-9-17(16)18/h2-14H,1H3,(H,22,23)/b21-13-/t14-/m1/s1. The summed E-state index contributed by atoms with van der Waals surface area (Å²) in [4.78, 5) is 16.1. The van der Waals surface area contributed by atoms with Crippen molar-refractivity contribution in [2.24, 2.45) is 5.10 Å². The molecule has 1 atom stereocenters. The molecule has 0 aliphatic rings. The highest BCUT2D eigenvalue weighted by molar-refractivity contribution is 5.89. The Morgan fingerprint density at radius 1 is 1.17 bits per heavy atom. The van der Waals surface area contributed by atoms with Crippen molar-refractivity contribution in [1.82, 2.24) is 10.4 Å². The van der Waals surface area contributed by atoms with E-state index in [0.717, 1.165) is 16.3 Å². The third-order valence-corrected chi connectivity index (χ3v) is 3.50. The molecule has 0 aliphatic carbocycles. The molecule has 0 fully saturated rings. The number of ether oxygens (including phenoxy) is 1. The minimum absolute atomic E-state index is 0.317. The van der Waals surface area contributed by atoms with Crippen molar-refractivity contribution in [3.8, 4) is 5.75 Å². The van der Waals surface area contributed by atoms with Gasteiger partial charge in [-0.25, -0.2) is 5.43 Å². The zero-order valence-corrected chi connectivity index (χ0v) is 13.2. The summed E-state index contributed by atoms with van der Waals surface area (Å²) in [5.41, 5.74) is 3.28. The van der Waals surface area contributed by atoms with E-state index in [9.17, 15) is 4.79 Å². The maximum absolute atomic E-state index is 12.1. The number of hydrogen-bond acceptors (Lipinski definition) is 4. The van der Waals surface area contributed by atoms with Crippen LogP contribution in [0.3, 0.4) is 0 Å². The first kappa shape index (κ1) is 15.7. The molecular formula is C19H17N3O2. The summed E-state index contributed by atoms with van der Waals surface area (Å²) < 4.78 is 5.79. The number of carbonyl (C=O) groups excluding carboxylic acids is 1. The van der Waals surface area contributed by atoms with Crippen molar-refractivity contribution in [2.75, 3.05) is 0 Å². The van der Waals surface area contributed by atoms with E-state index in [1.807, 2.05) is 48.5 Å². The lowest BCUT2D eigenvalue weighted by Gasteiger charge is -2.14. The fourth-order valence-corrected chi connectivity index (χ4v) is 2.26. The normalized spacial score (nSPS) is 12.2. The quantitative estimate of drug-likeness (QED) is 0.580. The molecule has 0 radical (unpaired) electrons. The molecule has 0 spiro atoms. The Bertz CT molecular complexity index is 857. The second kappa shape index (κ2) is 7.37. The van der Waals surface area contributed by atoms with Crippen LogP contribution in [0.2, 0.25) is 0 Å². The lowest BCUT2D eigenvalue weighted by atomic mass is 10.1. The zero-order chi connectivity index (χ0) is 16.8. The smallest absolute Gasteiger partial charge is 0.280 e. The minimum atomic E-state index is -0.665. The number of nitrogens with one attached hydrogen (secondary N) is 1. The molecule has 0 unspecified atom stereocenters. The van der Waals surface area contributed by atoms with Crippen LogP contribution in [0.15, 0.2) is 72.1 Å². The topological polar surface area (TPSA) is 63.6 Å². The van der Waals surface area contributed by atoms with E-state index < -0.39 is 6.10 Å². The second-order valence-electron chi connectivity index (χ2n) is 5.26. The fraction of sp³-hybridized carbons (Fsp3) is 0.105. The van der Waals surface area contributed by atoms with Crippen LogP contribution in [0.1, 0.15) is 12.5 Å². The molecule has 2 aromatic carbocycles. The summed E-state index contributed by atoms with van der Waals surface area (Å²) in [6, 6.07) is 17.3. The van der Waals surface area contributed by atoms with Gasteiger partial charge in [-0.2, -0.15) is 5.10 Å².